The number of carbonyl (C=O) groups is 1. The third kappa shape index (κ3) is 7.22. The summed E-state index contributed by atoms with van der Waals surface area (Å²) in [6.07, 6.45) is -11.7. The Morgan fingerprint density at radius 1 is 0.860 bits per heavy atom. The van der Waals surface area contributed by atoms with E-state index in [0.29, 0.717) is 24.1 Å². The van der Waals surface area contributed by atoms with Gasteiger partial charge >= 0.3 is 12.4 Å². The van der Waals surface area contributed by atoms with Crippen LogP contribution in [0.5, 0.6) is 11.5 Å². The Labute approximate surface area is 245 Å². The van der Waals surface area contributed by atoms with Crippen molar-refractivity contribution in [2.45, 2.75) is 69.8 Å². The highest BCUT2D eigenvalue weighted by molar-refractivity contribution is 7.86. The SMILES string of the molecule is CCCc1cc(C(O)(C(F)(F)F)C(F)(F)F)cc(CC)c1Oc1ccc(C(=O)COS(=O)(=O)c2ccc(C)cc2)c(C)c1. The first-order valence-corrected chi connectivity index (χ1v) is 14.6. The van der Waals surface area contributed by atoms with Crippen LogP contribution in [0, 0.1) is 13.8 Å². The van der Waals surface area contributed by atoms with E-state index >= 15 is 0 Å². The van der Waals surface area contributed by atoms with Crippen molar-refractivity contribution in [1.82, 2.24) is 0 Å². The summed E-state index contributed by atoms with van der Waals surface area (Å²) in [7, 11) is -4.20. The van der Waals surface area contributed by atoms with E-state index in [2.05, 4.69) is 0 Å². The predicted molar refractivity (Wildman–Crippen MR) is 146 cm³/mol. The summed E-state index contributed by atoms with van der Waals surface area (Å²) in [6, 6.07) is 11.3. The fraction of sp³-hybridized carbons (Fsp3) is 0.367. The molecule has 0 fully saturated rings. The predicted octanol–water partition coefficient (Wildman–Crippen LogP) is 7.51. The number of carbonyl (C=O) groups excluding carboxylic acids is 1. The van der Waals surface area contributed by atoms with E-state index in [1.54, 1.807) is 26.0 Å². The molecule has 0 saturated carbocycles. The van der Waals surface area contributed by atoms with E-state index in [9.17, 15) is 44.7 Å². The van der Waals surface area contributed by atoms with Gasteiger partial charge in [-0.3, -0.25) is 8.98 Å². The zero-order chi connectivity index (χ0) is 32.4. The molecule has 0 amide bonds. The van der Waals surface area contributed by atoms with Crippen molar-refractivity contribution in [1.29, 1.82) is 0 Å². The Hall–Kier alpha value is -3.42. The monoisotopic (exact) mass is 632 g/mol. The van der Waals surface area contributed by atoms with Gasteiger partial charge in [-0.05, 0) is 85.8 Å². The van der Waals surface area contributed by atoms with Crippen LogP contribution in [0.3, 0.4) is 0 Å². The maximum atomic E-state index is 13.6. The molecule has 0 saturated heterocycles. The molecule has 0 aliphatic heterocycles. The number of rotatable bonds is 11. The number of halogens is 6. The molecule has 0 aliphatic carbocycles. The largest absolute Gasteiger partial charge is 0.457 e. The van der Waals surface area contributed by atoms with Crippen molar-refractivity contribution in [3.05, 3.63) is 88.0 Å². The average molecular weight is 633 g/mol. The van der Waals surface area contributed by atoms with Gasteiger partial charge in [-0.1, -0.05) is 38.0 Å². The van der Waals surface area contributed by atoms with Gasteiger partial charge in [-0.2, -0.15) is 34.8 Å². The minimum atomic E-state index is -6.04. The molecule has 0 aliphatic rings. The molecule has 0 atom stereocenters. The van der Waals surface area contributed by atoms with Crippen molar-refractivity contribution >= 4 is 15.9 Å². The summed E-state index contributed by atoms with van der Waals surface area (Å²) >= 11 is 0. The molecule has 13 heteroatoms. The van der Waals surface area contributed by atoms with Gasteiger partial charge in [0.15, 0.2) is 5.78 Å². The summed E-state index contributed by atoms with van der Waals surface area (Å²) in [6.45, 7) is 5.73. The molecule has 3 rings (SSSR count). The van der Waals surface area contributed by atoms with Crippen molar-refractivity contribution < 1.29 is 53.6 Å². The Morgan fingerprint density at radius 3 is 1.95 bits per heavy atom. The summed E-state index contributed by atoms with van der Waals surface area (Å²) in [5, 5.41) is 9.97. The minimum absolute atomic E-state index is 0.000364. The second-order valence-electron chi connectivity index (χ2n) is 9.96. The lowest BCUT2D eigenvalue weighted by atomic mass is 9.87. The van der Waals surface area contributed by atoms with Gasteiger partial charge in [-0.25, -0.2) is 0 Å². The molecule has 0 heterocycles. The minimum Gasteiger partial charge on any atom is -0.457 e. The van der Waals surface area contributed by atoms with Crippen LogP contribution in [0.25, 0.3) is 0 Å². The highest BCUT2D eigenvalue weighted by Gasteiger charge is 2.71. The smallest absolute Gasteiger partial charge is 0.430 e. The molecule has 43 heavy (non-hydrogen) atoms. The quantitative estimate of drug-likeness (QED) is 0.134. The van der Waals surface area contributed by atoms with Crippen molar-refractivity contribution in [2.24, 2.45) is 0 Å². The fourth-order valence-corrected chi connectivity index (χ4v) is 5.28. The number of benzene rings is 3. The fourth-order valence-electron chi connectivity index (χ4n) is 4.41. The molecule has 6 nitrogen and oxygen atoms in total. The maximum Gasteiger partial charge on any atom is 0.430 e. The topological polar surface area (TPSA) is 89.9 Å². The summed E-state index contributed by atoms with van der Waals surface area (Å²) in [4.78, 5) is 12.6. The highest BCUT2D eigenvalue weighted by atomic mass is 32.2. The van der Waals surface area contributed by atoms with Crippen LogP contribution in [0.15, 0.2) is 59.5 Å². The van der Waals surface area contributed by atoms with Gasteiger partial charge in [0.05, 0.1) is 4.90 Å². The van der Waals surface area contributed by atoms with E-state index < -0.39 is 46.0 Å². The molecule has 0 bridgehead atoms. The molecule has 3 aromatic rings. The molecular formula is C30H30F6O6S. The summed E-state index contributed by atoms with van der Waals surface area (Å²) in [5.74, 6) is -0.488. The Kier molecular flexibility index (Phi) is 10.0. The number of ketones is 1. The van der Waals surface area contributed by atoms with Crippen LogP contribution in [-0.2, 0) is 32.7 Å². The van der Waals surface area contributed by atoms with Crippen LogP contribution in [0.1, 0.15) is 58.4 Å². The van der Waals surface area contributed by atoms with E-state index in [0.717, 1.165) is 5.56 Å². The van der Waals surface area contributed by atoms with Crippen LogP contribution >= 0.6 is 0 Å². The molecule has 0 radical (unpaired) electrons. The Morgan fingerprint density at radius 2 is 1.44 bits per heavy atom. The second-order valence-corrected chi connectivity index (χ2v) is 11.6. The molecule has 234 valence electrons. The maximum absolute atomic E-state index is 13.6. The molecule has 0 spiro atoms. The first-order chi connectivity index (χ1) is 19.9. The van der Waals surface area contributed by atoms with Crippen LogP contribution in [0.4, 0.5) is 26.3 Å². The number of hydrogen-bond donors (Lipinski definition) is 1. The van der Waals surface area contributed by atoms with E-state index in [4.69, 9.17) is 8.92 Å². The summed E-state index contributed by atoms with van der Waals surface area (Å²) in [5.41, 5.74) is -5.12. The Bertz CT molecular complexity index is 1560. The first-order valence-electron chi connectivity index (χ1n) is 13.2. The number of aryl methyl sites for hydroxylation is 4. The number of Topliss-reactive ketones (excluding diaryl/α,β-unsaturated/α-hetero) is 1. The molecule has 0 aromatic heterocycles. The number of aliphatic hydroxyl groups is 1. The van der Waals surface area contributed by atoms with Gasteiger partial charge in [0.25, 0.3) is 15.7 Å². The molecular weight excluding hydrogens is 602 g/mol. The standard InChI is InChI=1S/C30H30F6O6S/c1-5-7-21-16-22(28(38,29(31,32)33)30(34,35)36)15-20(6-2)27(21)42-23-10-13-25(19(4)14-23)26(37)17-41-43(39,40)24-11-8-18(3)9-12-24/h8-16,38H,5-7,17H2,1-4H3. The third-order valence-corrected chi connectivity index (χ3v) is 8.03. The number of alkyl halides is 6. The van der Waals surface area contributed by atoms with E-state index in [1.165, 1.54) is 44.2 Å². The zero-order valence-electron chi connectivity index (χ0n) is 23.7. The second kappa shape index (κ2) is 12.7. The van der Waals surface area contributed by atoms with Crippen molar-refractivity contribution in [2.75, 3.05) is 6.61 Å². The number of ether oxygens (including phenoxy) is 1. The van der Waals surface area contributed by atoms with Gasteiger partial charge < -0.3 is 9.84 Å². The van der Waals surface area contributed by atoms with Gasteiger partial charge in [0.2, 0.25) is 0 Å². The first kappa shape index (κ1) is 34.1. The molecule has 3 aromatic carbocycles. The van der Waals surface area contributed by atoms with Gasteiger partial charge in [0.1, 0.15) is 18.1 Å². The lowest BCUT2D eigenvalue weighted by molar-refractivity contribution is -0.376. The molecule has 1 N–H and O–H groups in total. The van der Waals surface area contributed by atoms with E-state index in [1.807, 2.05) is 0 Å². The van der Waals surface area contributed by atoms with Crippen molar-refractivity contribution in [3.8, 4) is 11.5 Å². The lowest BCUT2D eigenvalue weighted by Gasteiger charge is -2.33. The van der Waals surface area contributed by atoms with Gasteiger partial charge in [0, 0.05) is 11.1 Å². The number of hydrogen-bond acceptors (Lipinski definition) is 6. The third-order valence-electron chi connectivity index (χ3n) is 6.75. The zero-order valence-corrected chi connectivity index (χ0v) is 24.5. The van der Waals surface area contributed by atoms with Crippen molar-refractivity contribution in [3.63, 3.8) is 0 Å². The Balaban J connectivity index is 1.92. The highest BCUT2D eigenvalue weighted by Crippen LogP contribution is 2.51. The average Bonchev–Trinajstić information content (AvgIpc) is 2.91. The molecule has 0 unspecified atom stereocenters. The van der Waals surface area contributed by atoms with Crippen LogP contribution in [0.2, 0.25) is 0 Å². The van der Waals surface area contributed by atoms with Crippen LogP contribution in [-0.4, -0.2) is 38.3 Å². The summed E-state index contributed by atoms with van der Waals surface area (Å²) < 4.78 is 117. The van der Waals surface area contributed by atoms with E-state index in [-0.39, 0.29) is 45.9 Å². The van der Waals surface area contributed by atoms with Crippen LogP contribution < -0.4 is 4.74 Å². The normalized spacial score (nSPS) is 12.8. The van der Waals surface area contributed by atoms with Gasteiger partial charge in [-0.15, -0.1) is 0 Å². The lowest BCUT2D eigenvalue weighted by Crippen LogP contribution is -2.54.